The number of benzene rings is 2. The van der Waals surface area contributed by atoms with Crippen molar-refractivity contribution in [3.05, 3.63) is 76.9 Å². The number of nitrogens with two attached hydrogens (primary N) is 1. The van der Waals surface area contributed by atoms with Crippen LogP contribution in [0.2, 0.25) is 5.02 Å². The van der Waals surface area contributed by atoms with E-state index in [0.29, 0.717) is 42.3 Å². The van der Waals surface area contributed by atoms with Gasteiger partial charge in [0.15, 0.2) is 0 Å². The van der Waals surface area contributed by atoms with Gasteiger partial charge in [0.25, 0.3) is 11.8 Å². The molecular weight excluding hydrogens is 514 g/mol. The van der Waals surface area contributed by atoms with Crippen molar-refractivity contribution in [2.75, 3.05) is 26.2 Å². The van der Waals surface area contributed by atoms with Crippen molar-refractivity contribution >= 4 is 29.6 Å². The highest BCUT2D eigenvalue weighted by Gasteiger charge is 2.46. The maximum atomic E-state index is 13.0. The summed E-state index contributed by atoms with van der Waals surface area (Å²) in [5, 5.41) is 3.23. The van der Waals surface area contributed by atoms with E-state index in [-0.39, 0.29) is 5.91 Å². The minimum Gasteiger partial charge on any atom is -0.492 e. The average molecular weight is 543 g/mol. The van der Waals surface area contributed by atoms with Crippen LogP contribution in [0.4, 0.5) is 8.78 Å². The van der Waals surface area contributed by atoms with Crippen LogP contribution in [-0.4, -0.2) is 60.8 Å². The number of dihydropyridines is 1. The molecule has 0 radical (unpaired) electrons. The first-order chi connectivity index (χ1) is 18.0. The SMILES string of the molecule is CC1(N)CC=C(/C=C/C(=O)NCCCOc2ccc(-c3ccc(C(=O)N4CC(F)(F)C4)cc3)cc2Cl)C=N1. The molecule has 1 saturated heterocycles. The van der Waals surface area contributed by atoms with Crippen LogP contribution in [0.15, 0.2) is 71.3 Å². The number of alkyl halides is 2. The lowest BCUT2D eigenvalue weighted by atomic mass is 10.0. The third-order valence-electron chi connectivity index (χ3n) is 6.09. The molecule has 2 heterocycles. The van der Waals surface area contributed by atoms with Crippen molar-refractivity contribution in [3.8, 4) is 16.9 Å². The first-order valence-electron chi connectivity index (χ1n) is 12.2. The molecule has 2 aliphatic heterocycles. The molecule has 0 saturated carbocycles. The van der Waals surface area contributed by atoms with Crippen molar-refractivity contribution in [1.82, 2.24) is 10.2 Å². The van der Waals surface area contributed by atoms with Crippen molar-refractivity contribution in [2.45, 2.75) is 31.4 Å². The number of ether oxygens (including phenoxy) is 1. The number of likely N-dealkylation sites (tertiary alicyclic amines) is 1. The van der Waals surface area contributed by atoms with Crippen LogP contribution in [-0.2, 0) is 4.79 Å². The highest BCUT2D eigenvalue weighted by molar-refractivity contribution is 6.32. The predicted octanol–water partition coefficient (Wildman–Crippen LogP) is 4.62. The van der Waals surface area contributed by atoms with Crippen LogP contribution in [0.5, 0.6) is 5.75 Å². The number of carbonyl (C=O) groups excluding carboxylic acids is 2. The molecule has 3 N–H and O–H groups in total. The Balaban J connectivity index is 1.20. The Labute approximate surface area is 225 Å². The second-order valence-corrected chi connectivity index (χ2v) is 10.00. The Morgan fingerprint density at radius 1 is 1.18 bits per heavy atom. The van der Waals surface area contributed by atoms with Crippen molar-refractivity contribution in [3.63, 3.8) is 0 Å². The number of nitrogens with one attached hydrogen (secondary N) is 1. The minimum atomic E-state index is -2.79. The molecular formula is C28H29ClF2N4O3. The number of hydrogen-bond donors (Lipinski definition) is 2. The van der Waals surface area contributed by atoms with Crippen LogP contribution in [0.1, 0.15) is 30.1 Å². The summed E-state index contributed by atoms with van der Waals surface area (Å²) in [5.74, 6) is -2.90. The van der Waals surface area contributed by atoms with E-state index >= 15 is 0 Å². The van der Waals surface area contributed by atoms with Gasteiger partial charge in [0.05, 0.1) is 24.7 Å². The fourth-order valence-electron chi connectivity index (χ4n) is 3.90. The summed E-state index contributed by atoms with van der Waals surface area (Å²) in [6.45, 7) is 1.55. The highest BCUT2D eigenvalue weighted by atomic mass is 35.5. The summed E-state index contributed by atoms with van der Waals surface area (Å²) in [5.41, 5.74) is 8.18. The predicted molar refractivity (Wildman–Crippen MR) is 144 cm³/mol. The van der Waals surface area contributed by atoms with E-state index in [0.717, 1.165) is 21.6 Å². The van der Waals surface area contributed by atoms with Gasteiger partial charge in [0.1, 0.15) is 11.4 Å². The lowest BCUT2D eigenvalue weighted by Gasteiger charge is -2.38. The summed E-state index contributed by atoms with van der Waals surface area (Å²) < 4.78 is 31.8. The molecule has 0 bridgehead atoms. The largest absolute Gasteiger partial charge is 0.492 e. The Kier molecular flexibility index (Phi) is 8.28. The molecule has 2 aromatic carbocycles. The second kappa shape index (κ2) is 11.4. The first kappa shape index (κ1) is 27.5. The fraction of sp³-hybridized carbons (Fsp3) is 0.321. The molecule has 0 aromatic heterocycles. The normalized spacial score (nSPS) is 20.1. The first-order valence-corrected chi connectivity index (χ1v) is 12.6. The maximum absolute atomic E-state index is 13.0. The summed E-state index contributed by atoms with van der Waals surface area (Å²) in [6.07, 6.45) is 7.96. The number of amides is 2. The Morgan fingerprint density at radius 2 is 1.89 bits per heavy atom. The Hall–Kier alpha value is -3.56. The molecule has 1 atom stereocenters. The molecule has 10 heteroatoms. The monoisotopic (exact) mass is 542 g/mol. The fourth-order valence-corrected chi connectivity index (χ4v) is 4.14. The van der Waals surface area contributed by atoms with Crippen LogP contribution in [0, 0.1) is 0 Å². The van der Waals surface area contributed by atoms with Gasteiger partial charge in [0, 0.05) is 30.8 Å². The molecule has 2 aromatic rings. The van der Waals surface area contributed by atoms with Crippen LogP contribution >= 0.6 is 11.6 Å². The van der Waals surface area contributed by atoms with E-state index in [1.807, 2.05) is 19.1 Å². The highest BCUT2D eigenvalue weighted by Crippen LogP contribution is 2.32. The molecule has 0 aliphatic carbocycles. The van der Waals surface area contributed by atoms with Gasteiger partial charge in [-0.3, -0.25) is 14.6 Å². The zero-order chi connectivity index (χ0) is 27.3. The van der Waals surface area contributed by atoms with E-state index in [1.165, 1.54) is 6.08 Å². The number of aliphatic imine (C=N–C) groups is 1. The standard InChI is InChI=1S/C28H29ClF2N4O3/c1-27(32)12-11-19(16-34-27)3-10-25(36)33-13-2-14-38-24-9-8-22(15-23(24)29)20-4-6-21(7-5-20)26(37)35-17-28(30,31)18-35/h3-11,15-16H,2,12-14,17-18,32H2,1H3,(H,33,36)/b10-3+. The van der Waals surface area contributed by atoms with E-state index in [9.17, 15) is 18.4 Å². The van der Waals surface area contributed by atoms with Crippen molar-refractivity contribution in [2.24, 2.45) is 10.7 Å². The van der Waals surface area contributed by atoms with E-state index < -0.39 is 30.6 Å². The number of hydrogen-bond acceptors (Lipinski definition) is 5. The van der Waals surface area contributed by atoms with E-state index in [1.54, 1.807) is 48.7 Å². The third kappa shape index (κ3) is 7.26. The maximum Gasteiger partial charge on any atom is 0.282 e. The summed E-state index contributed by atoms with van der Waals surface area (Å²) >= 11 is 6.39. The van der Waals surface area contributed by atoms with Crippen LogP contribution < -0.4 is 15.8 Å². The smallest absolute Gasteiger partial charge is 0.282 e. The van der Waals surface area contributed by atoms with Gasteiger partial charge in [0.2, 0.25) is 5.91 Å². The molecule has 2 amide bonds. The zero-order valence-electron chi connectivity index (χ0n) is 20.9. The average Bonchev–Trinajstić information content (AvgIpc) is 2.87. The van der Waals surface area contributed by atoms with Gasteiger partial charge in [-0.15, -0.1) is 0 Å². The number of halogens is 3. The van der Waals surface area contributed by atoms with Gasteiger partial charge >= 0.3 is 0 Å². The molecule has 1 fully saturated rings. The van der Waals surface area contributed by atoms with Gasteiger partial charge in [-0.2, -0.15) is 0 Å². The molecule has 0 spiro atoms. The molecule has 38 heavy (non-hydrogen) atoms. The van der Waals surface area contributed by atoms with Gasteiger partial charge in [-0.05, 0) is 60.4 Å². The lowest BCUT2D eigenvalue weighted by Crippen LogP contribution is -2.58. The lowest BCUT2D eigenvalue weighted by molar-refractivity contribution is -0.116. The molecule has 7 nitrogen and oxygen atoms in total. The molecule has 200 valence electrons. The number of carbonyl (C=O) groups is 2. The number of nitrogens with zero attached hydrogens (tertiary/aromatic N) is 2. The zero-order valence-corrected chi connectivity index (χ0v) is 21.7. The Morgan fingerprint density at radius 3 is 2.53 bits per heavy atom. The summed E-state index contributed by atoms with van der Waals surface area (Å²) in [7, 11) is 0. The van der Waals surface area contributed by atoms with E-state index in [2.05, 4.69) is 10.3 Å². The van der Waals surface area contributed by atoms with Crippen LogP contribution in [0.25, 0.3) is 11.1 Å². The quantitative estimate of drug-likeness (QED) is 0.357. The van der Waals surface area contributed by atoms with Crippen molar-refractivity contribution in [1.29, 1.82) is 0 Å². The number of allylic oxidation sites excluding steroid dienone is 2. The van der Waals surface area contributed by atoms with E-state index in [4.69, 9.17) is 22.1 Å². The molecule has 1 unspecified atom stereocenters. The van der Waals surface area contributed by atoms with Crippen LogP contribution in [0.3, 0.4) is 0 Å². The van der Waals surface area contributed by atoms with Gasteiger partial charge in [-0.1, -0.05) is 35.9 Å². The Bertz CT molecular complexity index is 1280. The molecule has 2 aliphatic rings. The second-order valence-electron chi connectivity index (χ2n) is 9.59. The van der Waals surface area contributed by atoms with Crippen molar-refractivity contribution < 1.29 is 23.1 Å². The number of rotatable bonds is 9. The van der Waals surface area contributed by atoms with Gasteiger partial charge in [-0.25, -0.2) is 8.78 Å². The topological polar surface area (TPSA) is 97.0 Å². The summed E-state index contributed by atoms with van der Waals surface area (Å²) in [4.78, 5) is 29.6. The molecule has 4 rings (SSSR count). The van der Waals surface area contributed by atoms with Gasteiger partial charge < -0.3 is 20.7 Å². The summed E-state index contributed by atoms with van der Waals surface area (Å²) in [6, 6.07) is 12.1. The minimum absolute atomic E-state index is 0.210. The third-order valence-corrected chi connectivity index (χ3v) is 6.39.